The number of piperidine rings is 1. The summed E-state index contributed by atoms with van der Waals surface area (Å²) in [7, 11) is 1.36. The van der Waals surface area contributed by atoms with Gasteiger partial charge >= 0.3 is 0 Å². The van der Waals surface area contributed by atoms with Gasteiger partial charge in [-0.25, -0.2) is 14.4 Å². The van der Waals surface area contributed by atoms with Crippen LogP contribution in [0.15, 0.2) is 35.3 Å². The summed E-state index contributed by atoms with van der Waals surface area (Å²) in [4.78, 5) is 37.9. The van der Waals surface area contributed by atoms with Crippen LogP contribution in [0.25, 0.3) is 22.4 Å². The van der Waals surface area contributed by atoms with Crippen molar-refractivity contribution in [2.24, 2.45) is 0 Å². The summed E-state index contributed by atoms with van der Waals surface area (Å²) in [5, 5.41) is 3.11. The highest BCUT2D eigenvalue weighted by Gasteiger charge is 2.20. The molecular formula is C28H36FN5O4. The molecule has 38 heavy (non-hydrogen) atoms. The summed E-state index contributed by atoms with van der Waals surface area (Å²) >= 11 is 0. The van der Waals surface area contributed by atoms with Gasteiger partial charge in [-0.3, -0.25) is 14.2 Å². The second-order valence-electron chi connectivity index (χ2n) is 10.6. The van der Waals surface area contributed by atoms with E-state index in [1.54, 1.807) is 12.3 Å². The van der Waals surface area contributed by atoms with Crippen molar-refractivity contribution in [2.45, 2.75) is 58.5 Å². The zero-order valence-electron chi connectivity index (χ0n) is 22.6. The first-order valence-corrected chi connectivity index (χ1v) is 13.1. The van der Waals surface area contributed by atoms with Crippen LogP contribution in [0.5, 0.6) is 11.5 Å². The van der Waals surface area contributed by atoms with Gasteiger partial charge in [-0.1, -0.05) is 6.42 Å². The van der Waals surface area contributed by atoms with Crippen molar-refractivity contribution in [1.82, 2.24) is 24.8 Å². The third kappa shape index (κ3) is 6.86. The standard InChI is InChI=1S/C28H36FN5O4/c1-28(2,3)32-24(35)18-34-26(19-9-10-22(29)23(15-19)37-4)31-25-21(27(34)36)16-20(17-30-25)38-14-8-13-33-11-6-5-7-12-33/h9-10,15-17H,5-8,11-14,18H2,1-4H3,(H,32,35). The number of carbonyl (C=O) groups excluding carboxylic acids is 1. The Morgan fingerprint density at radius 2 is 1.92 bits per heavy atom. The Kier molecular flexibility index (Phi) is 8.61. The van der Waals surface area contributed by atoms with Crippen molar-refractivity contribution in [3.63, 3.8) is 0 Å². The smallest absolute Gasteiger partial charge is 0.263 e. The number of halogens is 1. The first-order chi connectivity index (χ1) is 18.1. The third-order valence-corrected chi connectivity index (χ3v) is 6.35. The quantitative estimate of drug-likeness (QED) is 0.425. The van der Waals surface area contributed by atoms with Crippen LogP contribution in [0, 0.1) is 5.82 Å². The van der Waals surface area contributed by atoms with E-state index in [0.717, 1.165) is 26.1 Å². The highest BCUT2D eigenvalue weighted by molar-refractivity contribution is 5.80. The number of rotatable bonds is 9. The lowest BCUT2D eigenvalue weighted by Crippen LogP contribution is -2.43. The minimum absolute atomic E-state index is 0.00352. The molecule has 2 aromatic heterocycles. The number of carbonyl (C=O) groups is 1. The number of aromatic nitrogens is 3. The van der Waals surface area contributed by atoms with Gasteiger partial charge in [-0.2, -0.15) is 0 Å². The molecule has 3 aromatic rings. The first-order valence-electron chi connectivity index (χ1n) is 13.1. The number of fused-ring (bicyclic) bond motifs is 1. The van der Waals surface area contributed by atoms with Gasteiger partial charge in [0.05, 0.1) is 25.3 Å². The van der Waals surface area contributed by atoms with E-state index >= 15 is 0 Å². The number of nitrogens with zero attached hydrogens (tertiary/aromatic N) is 4. The third-order valence-electron chi connectivity index (χ3n) is 6.35. The van der Waals surface area contributed by atoms with Crippen LogP contribution in [-0.4, -0.2) is 64.2 Å². The molecule has 3 heterocycles. The summed E-state index contributed by atoms with van der Waals surface area (Å²) in [6.45, 7) is 9.05. The van der Waals surface area contributed by atoms with E-state index in [1.165, 1.54) is 49.1 Å². The van der Waals surface area contributed by atoms with Gasteiger partial charge < -0.3 is 19.7 Å². The highest BCUT2D eigenvalue weighted by atomic mass is 19.1. The number of benzene rings is 1. The predicted molar refractivity (Wildman–Crippen MR) is 144 cm³/mol. The van der Waals surface area contributed by atoms with Crippen molar-refractivity contribution in [1.29, 1.82) is 0 Å². The number of pyridine rings is 1. The number of hydrogen-bond donors (Lipinski definition) is 1. The lowest BCUT2D eigenvalue weighted by molar-refractivity contribution is -0.123. The normalized spacial score (nSPS) is 14.4. The van der Waals surface area contributed by atoms with E-state index in [1.807, 2.05) is 20.8 Å². The van der Waals surface area contributed by atoms with E-state index in [9.17, 15) is 14.0 Å². The zero-order chi connectivity index (χ0) is 27.3. The van der Waals surface area contributed by atoms with Crippen molar-refractivity contribution in [3.8, 4) is 22.9 Å². The van der Waals surface area contributed by atoms with Crippen LogP contribution in [-0.2, 0) is 11.3 Å². The molecule has 1 aromatic carbocycles. The number of methoxy groups -OCH3 is 1. The fourth-order valence-corrected chi connectivity index (χ4v) is 4.59. The summed E-state index contributed by atoms with van der Waals surface area (Å²) in [6, 6.07) is 5.79. The molecule has 1 fully saturated rings. The summed E-state index contributed by atoms with van der Waals surface area (Å²) in [5.41, 5.74) is -0.295. The number of likely N-dealkylation sites (tertiary alicyclic amines) is 1. The summed E-state index contributed by atoms with van der Waals surface area (Å²) in [6.07, 6.45) is 6.21. The topological polar surface area (TPSA) is 98.6 Å². The van der Waals surface area contributed by atoms with Crippen molar-refractivity contribution in [2.75, 3.05) is 33.4 Å². The molecule has 1 N–H and O–H groups in total. The Labute approximate surface area is 222 Å². The van der Waals surface area contributed by atoms with E-state index in [-0.39, 0.29) is 35.1 Å². The molecule has 4 rings (SSSR count). The maximum Gasteiger partial charge on any atom is 0.263 e. The van der Waals surface area contributed by atoms with Gasteiger partial charge in [-0.15, -0.1) is 0 Å². The van der Waals surface area contributed by atoms with Gasteiger partial charge in [0.15, 0.2) is 17.2 Å². The average Bonchev–Trinajstić information content (AvgIpc) is 2.88. The van der Waals surface area contributed by atoms with Gasteiger partial charge in [0.25, 0.3) is 5.56 Å². The molecule has 9 nitrogen and oxygen atoms in total. The molecule has 10 heteroatoms. The van der Waals surface area contributed by atoms with Gasteiger partial charge in [0.1, 0.15) is 18.1 Å². The molecule has 1 aliphatic heterocycles. The molecule has 1 amide bonds. The molecule has 204 valence electrons. The summed E-state index contributed by atoms with van der Waals surface area (Å²) < 4.78 is 26.4. The fraction of sp³-hybridized carbons (Fsp3) is 0.500. The Morgan fingerprint density at radius 1 is 1.16 bits per heavy atom. The predicted octanol–water partition coefficient (Wildman–Crippen LogP) is 3.78. The molecule has 0 radical (unpaired) electrons. The van der Waals surface area contributed by atoms with E-state index < -0.39 is 16.9 Å². The molecule has 0 bridgehead atoms. The van der Waals surface area contributed by atoms with Crippen LogP contribution < -0.4 is 20.3 Å². The minimum atomic E-state index is -0.545. The van der Waals surface area contributed by atoms with Crippen LogP contribution in [0.1, 0.15) is 46.5 Å². The largest absolute Gasteiger partial charge is 0.494 e. The van der Waals surface area contributed by atoms with Gasteiger partial charge in [0.2, 0.25) is 5.91 Å². The second-order valence-corrected chi connectivity index (χ2v) is 10.6. The van der Waals surface area contributed by atoms with Crippen LogP contribution in [0.2, 0.25) is 0 Å². The molecule has 0 atom stereocenters. The van der Waals surface area contributed by atoms with Crippen molar-refractivity contribution < 1.29 is 18.7 Å². The maximum atomic E-state index is 14.1. The van der Waals surface area contributed by atoms with Crippen LogP contribution in [0.3, 0.4) is 0 Å². The lowest BCUT2D eigenvalue weighted by atomic mass is 10.1. The molecule has 0 saturated carbocycles. The Balaban J connectivity index is 1.64. The first kappa shape index (κ1) is 27.5. The Hall–Kier alpha value is -3.53. The maximum absolute atomic E-state index is 14.1. The second kappa shape index (κ2) is 11.9. The lowest BCUT2D eigenvalue weighted by Gasteiger charge is -2.26. The number of hydrogen-bond acceptors (Lipinski definition) is 7. The van der Waals surface area contributed by atoms with Gasteiger partial charge in [-0.05, 0) is 77.4 Å². The van der Waals surface area contributed by atoms with E-state index in [4.69, 9.17) is 9.47 Å². The van der Waals surface area contributed by atoms with Crippen LogP contribution >= 0.6 is 0 Å². The molecule has 0 unspecified atom stereocenters. The molecule has 0 spiro atoms. The monoisotopic (exact) mass is 525 g/mol. The molecular weight excluding hydrogens is 489 g/mol. The molecule has 1 aliphatic rings. The molecule has 0 aliphatic carbocycles. The van der Waals surface area contributed by atoms with E-state index in [0.29, 0.717) is 17.9 Å². The zero-order valence-corrected chi connectivity index (χ0v) is 22.6. The van der Waals surface area contributed by atoms with Crippen molar-refractivity contribution >= 4 is 16.9 Å². The number of amides is 1. The van der Waals surface area contributed by atoms with Crippen LogP contribution in [0.4, 0.5) is 4.39 Å². The fourth-order valence-electron chi connectivity index (χ4n) is 4.59. The molecule has 1 saturated heterocycles. The van der Waals surface area contributed by atoms with Gasteiger partial charge in [0, 0.05) is 17.6 Å². The number of ether oxygens (including phenoxy) is 2. The van der Waals surface area contributed by atoms with E-state index in [2.05, 4.69) is 20.2 Å². The SMILES string of the molecule is COc1cc(-c2nc3ncc(OCCCN4CCCCC4)cc3c(=O)n2CC(=O)NC(C)(C)C)ccc1F. The van der Waals surface area contributed by atoms with Crippen molar-refractivity contribution in [3.05, 3.63) is 46.6 Å². The summed E-state index contributed by atoms with van der Waals surface area (Å²) in [5.74, 6) is -0.237. The number of nitrogens with one attached hydrogen (secondary N) is 1. The average molecular weight is 526 g/mol. The Bertz CT molecular complexity index is 1350. The minimum Gasteiger partial charge on any atom is -0.494 e. The Morgan fingerprint density at radius 3 is 2.63 bits per heavy atom. The highest BCUT2D eigenvalue weighted by Crippen LogP contribution is 2.26.